The molecule has 0 bridgehead atoms. The summed E-state index contributed by atoms with van der Waals surface area (Å²) >= 11 is 0. The van der Waals surface area contributed by atoms with Crippen molar-refractivity contribution in [3.63, 3.8) is 0 Å². The second-order valence-corrected chi connectivity index (χ2v) is 5.85. The molecule has 106 valence electrons. The minimum Gasteiger partial charge on any atom is -0.493 e. The number of nitrogens with zero attached hydrogens (tertiary/aromatic N) is 1. The van der Waals surface area contributed by atoms with Crippen LogP contribution in [-0.4, -0.2) is 43.3 Å². The van der Waals surface area contributed by atoms with Crippen LogP contribution >= 0.6 is 0 Å². The summed E-state index contributed by atoms with van der Waals surface area (Å²) < 4.78 is 11.5. The molecule has 1 aliphatic rings. The fourth-order valence-corrected chi connectivity index (χ4v) is 2.49. The summed E-state index contributed by atoms with van der Waals surface area (Å²) in [4.78, 5) is 2.46. The van der Waals surface area contributed by atoms with Gasteiger partial charge in [0.1, 0.15) is 5.75 Å². The molecule has 1 heterocycles. The van der Waals surface area contributed by atoms with Crippen LogP contribution in [-0.2, 0) is 4.74 Å². The molecular weight excluding hydrogens is 238 g/mol. The van der Waals surface area contributed by atoms with E-state index in [0.717, 1.165) is 45.0 Å². The van der Waals surface area contributed by atoms with Crippen molar-refractivity contribution in [1.82, 2.24) is 4.90 Å². The quantitative estimate of drug-likeness (QED) is 0.762. The average Bonchev–Trinajstić information content (AvgIpc) is 2.35. The number of aryl methyl sites for hydroxylation is 1. The number of benzene rings is 1. The summed E-state index contributed by atoms with van der Waals surface area (Å²) in [5.41, 5.74) is 1.20. The van der Waals surface area contributed by atoms with E-state index >= 15 is 0 Å². The van der Waals surface area contributed by atoms with Crippen LogP contribution in [0.4, 0.5) is 0 Å². The van der Waals surface area contributed by atoms with E-state index in [1.54, 1.807) is 0 Å². The van der Waals surface area contributed by atoms with Crippen LogP contribution in [0, 0.1) is 6.92 Å². The maximum atomic E-state index is 5.82. The van der Waals surface area contributed by atoms with Crippen molar-refractivity contribution < 1.29 is 9.47 Å². The first-order valence-corrected chi connectivity index (χ1v) is 7.12. The molecule has 0 aromatic heterocycles. The zero-order valence-electron chi connectivity index (χ0n) is 12.3. The Morgan fingerprint density at radius 2 is 2.11 bits per heavy atom. The SMILES string of the molecule is Cc1ccccc1OCCCN1CCOC(C)(C)C1. The Labute approximate surface area is 116 Å². The molecule has 1 fully saturated rings. The monoisotopic (exact) mass is 263 g/mol. The van der Waals surface area contributed by atoms with Crippen molar-refractivity contribution in [2.24, 2.45) is 0 Å². The van der Waals surface area contributed by atoms with E-state index in [0.29, 0.717) is 0 Å². The molecule has 1 aromatic rings. The van der Waals surface area contributed by atoms with Gasteiger partial charge < -0.3 is 9.47 Å². The lowest BCUT2D eigenvalue weighted by Gasteiger charge is -2.38. The van der Waals surface area contributed by atoms with Gasteiger partial charge >= 0.3 is 0 Å². The van der Waals surface area contributed by atoms with Gasteiger partial charge in [-0.25, -0.2) is 0 Å². The minimum atomic E-state index is -0.00484. The standard InChI is InChI=1S/C16H25NO2/c1-14-7-4-5-8-15(14)18-11-6-9-17-10-12-19-16(2,3)13-17/h4-5,7-8H,6,9-13H2,1-3H3. The van der Waals surface area contributed by atoms with Crippen LogP contribution < -0.4 is 4.74 Å². The highest BCUT2D eigenvalue weighted by molar-refractivity contribution is 5.31. The molecule has 0 unspecified atom stereocenters. The normalized spacial score (nSPS) is 19.3. The molecule has 0 saturated carbocycles. The maximum absolute atomic E-state index is 5.82. The Kier molecular flexibility index (Phi) is 4.83. The average molecular weight is 263 g/mol. The van der Waals surface area contributed by atoms with Gasteiger partial charge in [0.2, 0.25) is 0 Å². The topological polar surface area (TPSA) is 21.7 Å². The van der Waals surface area contributed by atoms with Crippen molar-refractivity contribution in [3.8, 4) is 5.75 Å². The fourth-order valence-electron chi connectivity index (χ4n) is 2.49. The van der Waals surface area contributed by atoms with E-state index in [4.69, 9.17) is 9.47 Å². The Morgan fingerprint density at radius 3 is 2.84 bits per heavy atom. The first-order valence-electron chi connectivity index (χ1n) is 7.12. The predicted octanol–water partition coefficient (Wildman–Crippen LogP) is 2.87. The maximum Gasteiger partial charge on any atom is 0.122 e. The smallest absolute Gasteiger partial charge is 0.122 e. The van der Waals surface area contributed by atoms with Gasteiger partial charge in [-0.05, 0) is 38.8 Å². The van der Waals surface area contributed by atoms with Gasteiger partial charge in [-0.1, -0.05) is 18.2 Å². The molecular formula is C16H25NO2. The van der Waals surface area contributed by atoms with Crippen molar-refractivity contribution >= 4 is 0 Å². The van der Waals surface area contributed by atoms with Crippen LogP contribution in [0.3, 0.4) is 0 Å². The number of morpholine rings is 1. The molecule has 0 amide bonds. The van der Waals surface area contributed by atoms with Crippen molar-refractivity contribution in [2.45, 2.75) is 32.8 Å². The minimum absolute atomic E-state index is 0.00484. The number of rotatable bonds is 5. The number of ether oxygens (including phenoxy) is 2. The van der Waals surface area contributed by atoms with E-state index < -0.39 is 0 Å². The zero-order valence-corrected chi connectivity index (χ0v) is 12.3. The third-order valence-corrected chi connectivity index (χ3v) is 3.47. The highest BCUT2D eigenvalue weighted by Gasteiger charge is 2.26. The summed E-state index contributed by atoms with van der Waals surface area (Å²) in [5, 5.41) is 0. The number of para-hydroxylation sites is 1. The molecule has 3 heteroatoms. The summed E-state index contributed by atoms with van der Waals surface area (Å²) in [6.45, 7) is 11.1. The Balaban J connectivity index is 1.68. The van der Waals surface area contributed by atoms with Gasteiger partial charge in [0.05, 0.1) is 18.8 Å². The van der Waals surface area contributed by atoms with Crippen molar-refractivity contribution in [1.29, 1.82) is 0 Å². The molecule has 0 N–H and O–H groups in total. The molecule has 0 spiro atoms. The van der Waals surface area contributed by atoms with Crippen LogP contribution in [0.15, 0.2) is 24.3 Å². The van der Waals surface area contributed by atoms with E-state index in [9.17, 15) is 0 Å². The first-order chi connectivity index (χ1) is 9.07. The highest BCUT2D eigenvalue weighted by Crippen LogP contribution is 2.18. The Morgan fingerprint density at radius 1 is 1.32 bits per heavy atom. The summed E-state index contributed by atoms with van der Waals surface area (Å²) in [5.74, 6) is 1.00. The van der Waals surface area contributed by atoms with E-state index in [1.165, 1.54) is 5.56 Å². The van der Waals surface area contributed by atoms with Gasteiger partial charge in [-0.3, -0.25) is 4.90 Å². The molecule has 3 nitrogen and oxygen atoms in total. The fraction of sp³-hybridized carbons (Fsp3) is 0.625. The van der Waals surface area contributed by atoms with E-state index in [-0.39, 0.29) is 5.60 Å². The number of hydrogen-bond acceptors (Lipinski definition) is 3. The lowest BCUT2D eigenvalue weighted by Crippen LogP contribution is -2.48. The highest BCUT2D eigenvalue weighted by atomic mass is 16.5. The van der Waals surface area contributed by atoms with E-state index in [1.807, 2.05) is 18.2 Å². The van der Waals surface area contributed by atoms with Crippen LogP contribution in [0.25, 0.3) is 0 Å². The molecule has 0 radical (unpaired) electrons. The summed E-state index contributed by atoms with van der Waals surface area (Å²) in [7, 11) is 0. The van der Waals surface area contributed by atoms with Gasteiger partial charge in [-0.15, -0.1) is 0 Å². The lowest BCUT2D eigenvalue weighted by molar-refractivity contribution is -0.0864. The Bertz CT molecular complexity index is 403. The van der Waals surface area contributed by atoms with Crippen molar-refractivity contribution in [3.05, 3.63) is 29.8 Å². The van der Waals surface area contributed by atoms with Crippen molar-refractivity contribution in [2.75, 3.05) is 32.8 Å². The summed E-state index contributed by atoms with van der Waals surface area (Å²) in [6.07, 6.45) is 1.06. The van der Waals surface area contributed by atoms with Gasteiger partial charge in [0.25, 0.3) is 0 Å². The predicted molar refractivity (Wildman–Crippen MR) is 77.8 cm³/mol. The molecule has 2 rings (SSSR count). The molecule has 0 atom stereocenters. The van der Waals surface area contributed by atoms with Gasteiger partial charge in [0.15, 0.2) is 0 Å². The van der Waals surface area contributed by atoms with Crippen LogP contribution in [0.2, 0.25) is 0 Å². The third kappa shape index (κ3) is 4.51. The molecule has 1 aliphatic heterocycles. The molecule has 1 saturated heterocycles. The summed E-state index contributed by atoms with van der Waals surface area (Å²) in [6, 6.07) is 8.18. The second kappa shape index (κ2) is 6.40. The second-order valence-electron chi connectivity index (χ2n) is 5.85. The Hall–Kier alpha value is -1.06. The van der Waals surface area contributed by atoms with Gasteiger partial charge in [0, 0.05) is 19.6 Å². The molecule has 19 heavy (non-hydrogen) atoms. The first kappa shape index (κ1) is 14.4. The lowest BCUT2D eigenvalue weighted by atomic mass is 10.1. The molecule has 1 aromatic carbocycles. The molecule has 0 aliphatic carbocycles. The number of hydrogen-bond donors (Lipinski definition) is 0. The van der Waals surface area contributed by atoms with Gasteiger partial charge in [-0.2, -0.15) is 0 Å². The van der Waals surface area contributed by atoms with E-state index in [2.05, 4.69) is 31.7 Å². The van der Waals surface area contributed by atoms with Crippen LogP contribution in [0.1, 0.15) is 25.8 Å². The van der Waals surface area contributed by atoms with Crippen LogP contribution in [0.5, 0.6) is 5.75 Å². The largest absolute Gasteiger partial charge is 0.493 e. The third-order valence-electron chi connectivity index (χ3n) is 3.47. The zero-order chi connectivity index (χ0) is 13.7.